The van der Waals surface area contributed by atoms with Gasteiger partial charge in [0.15, 0.2) is 18.5 Å². The van der Waals surface area contributed by atoms with Gasteiger partial charge in [-0.25, -0.2) is 4.79 Å². The number of ether oxygens (including phenoxy) is 3. The maximum atomic E-state index is 10.9. The molecule has 0 unspecified atom stereocenters. The fourth-order valence-electron chi connectivity index (χ4n) is 1.69. The lowest BCUT2D eigenvalue weighted by molar-refractivity contribution is -0.182. The predicted octanol–water partition coefficient (Wildman–Crippen LogP) is -1.44. The molecule has 2 aliphatic heterocycles. The lowest BCUT2D eigenvalue weighted by Crippen LogP contribution is -2.33. The molecule has 0 bridgehead atoms. The zero-order chi connectivity index (χ0) is 11.0. The van der Waals surface area contributed by atoms with E-state index in [4.69, 9.17) is 14.2 Å². The molecule has 5 atom stereocenters. The van der Waals surface area contributed by atoms with Gasteiger partial charge in [-0.15, -0.1) is 6.58 Å². The number of rotatable bonds is 3. The van der Waals surface area contributed by atoms with Crippen molar-refractivity contribution in [3.8, 4) is 0 Å². The Morgan fingerprint density at radius 2 is 2.20 bits per heavy atom. The molecule has 2 heterocycles. The third-order valence-electron chi connectivity index (χ3n) is 2.41. The molecule has 84 valence electrons. The number of hydrogen-bond donors (Lipinski definition) is 2. The van der Waals surface area contributed by atoms with Crippen LogP contribution in [0.4, 0.5) is 0 Å². The quantitative estimate of drug-likeness (QED) is 0.444. The van der Waals surface area contributed by atoms with Crippen molar-refractivity contribution < 1.29 is 29.2 Å². The fourth-order valence-corrected chi connectivity index (χ4v) is 1.69. The highest BCUT2D eigenvalue weighted by Gasteiger charge is 2.56. The number of esters is 1. The third kappa shape index (κ3) is 1.65. The van der Waals surface area contributed by atoms with Crippen molar-refractivity contribution in [2.75, 3.05) is 6.61 Å². The van der Waals surface area contributed by atoms with Crippen LogP contribution < -0.4 is 0 Å². The number of hydrogen-bond acceptors (Lipinski definition) is 6. The van der Waals surface area contributed by atoms with Crippen LogP contribution in [0.2, 0.25) is 0 Å². The lowest BCUT2D eigenvalue weighted by Gasteiger charge is -2.16. The van der Waals surface area contributed by atoms with E-state index in [1.807, 2.05) is 0 Å². The molecule has 2 aliphatic rings. The highest BCUT2D eigenvalue weighted by atomic mass is 16.7. The van der Waals surface area contributed by atoms with Gasteiger partial charge in [0.1, 0.15) is 12.2 Å². The number of fused-ring (bicyclic) bond motifs is 1. The van der Waals surface area contributed by atoms with Gasteiger partial charge < -0.3 is 24.4 Å². The van der Waals surface area contributed by atoms with Crippen LogP contribution in [0.25, 0.3) is 0 Å². The second-order valence-electron chi connectivity index (χ2n) is 3.43. The van der Waals surface area contributed by atoms with E-state index >= 15 is 0 Å². The van der Waals surface area contributed by atoms with Gasteiger partial charge in [-0.1, -0.05) is 6.08 Å². The SMILES string of the molecule is C=CCO[C@@H]1O[C@H]2[C@H](OC(=O)[C@H]2O)[C@H]1O. The van der Waals surface area contributed by atoms with Crippen molar-refractivity contribution in [1.29, 1.82) is 0 Å². The first-order chi connectivity index (χ1) is 7.15. The van der Waals surface area contributed by atoms with Crippen LogP contribution in [0.1, 0.15) is 0 Å². The molecule has 6 nitrogen and oxygen atoms in total. The second-order valence-corrected chi connectivity index (χ2v) is 3.43. The Labute approximate surface area is 86.0 Å². The molecular formula is C9H12O6. The van der Waals surface area contributed by atoms with Crippen LogP contribution in [0.5, 0.6) is 0 Å². The molecule has 2 fully saturated rings. The topological polar surface area (TPSA) is 85.2 Å². The number of carbonyl (C=O) groups is 1. The van der Waals surface area contributed by atoms with Crippen molar-refractivity contribution in [2.45, 2.75) is 30.7 Å². The Morgan fingerprint density at radius 3 is 2.80 bits per heavy atom. The van der Waals surface area contributed by atoms with Gasteiger partial charge >= 0.3 is 5.97 Å². The zero-order valence-electron chi connectivity index (χ0n) is 7.91. The molecular weight excluding hydrogens is 204 g/mol. The van der Waals surface area contributed by atoms with Crippen LogP contribution >= 0.6 is 0 Å². The summed E-state index contributed by atoms with van der Waals surface area (Å²) in [5.74, 6) is -0.772. The van der Waals surface area contributed by atoms with Crippen LogP contribution in [-0.4, -0.2) is 53.5 Å². The molecule has 2 N–H and O–H groups in total. The number of aliphatic hydroxyl groups excluding tert-OH is 2. The molecule has 0 aliphatic carbocycles. The minimum Gasteiger partial charge on any atom is -0.454 e. The van der Waals surface area contributed by atoms with Gasteiger partial charge in [-0.2, -0.15) is 0 Å². The first kappa shape index (κ1) is 10.6. The van der Waals surface area contributed by atoms with Crippen molar-refractivity contribution in [3.63, 3.8) is 0 Å². The van der Waals surface area contributed by atoms with E-state index in [1.165, 1.54) is 6.08 Å². The summed E-state index contributed by atoms with van der Waals surface area (Å²) < 4.78 is 15.0. The van der Waals surface area contributed by atoms with Gasteiger partial charge in [-0.05, 0) is 0 Å². The minimum atomic E-state index is -1.35. The molecule has 0 saturated carbocycles. The maximum Gasteiger partial charge on any atom is 0.338 e. The van der Waals surface area contributed by atoms with Gasteiger partial charge in [0.25, 0.3) is 0 Å². The summed E-state index contributed by atoms with van der Waals surface area (Å²) in [4.78, 5) is 10.9. The van der Waals surface area contributed by atoms with E-state index < -0.39 is 36.7 Å². The van der Waals surface area contributed by atoms with Gasteiger partial charge in [0, 0.05) is 0 Å². The first-order valence-electron chi connectivity index (χ1n) is 4.59. The Hall–Kier alpha value is -0.950. The second kappa shape index (κ2) is 3.90. The lowest BCUT2D eigenvalue weighted by atomic mass is 10.1. The van der Waals surface area contributed by atoms with Crippen LogP contribution in [-0.2, 0) is 19.0 Å². The number of aliphatic hydroxyl groups is 2. The summed E-state index contributed by atoms with van der Waals surface area (Å²) in [6.45, 7) is 3.66. The summed E-state index contributed by atoms with van der Waals surface area (Å²) in [6, 6.07) is 0. The summed E-state index contributed by atoms with van der Waals surface area (Å²) >= 11 is 0. The van der Waals surface area contributed by atoms with Crippen molar-refractivity contribution >= 4 is 5.97 Å². The van der Waals surface area contributed by atoms with E-state index in [0.717, 1.165) is 0 Å². The smallest absolute Gasteiger partial charge is 0.338 e. The average Bonchev–Trinajstić information content (AvgIpc) is 2.66. The molecule has 15 heavy (non-hydrogen) atoms. The Bertz CT molecular complexity index is 278. The normalized spacial score (nSPS) is 43.9. The number of carbonyl (C=O) groups excluding carboxylic acids is 1. The van der Waals surface area contributed by atoms with Crippen LogP contribution in [0.15, 0.2) is 12.7 Å². The highest BCUT2D eigenvalue weighted by molar-refractivity contribution is 5.78. The molecule has 0 aromatic carbocycles. The summed E-state index contributed by atoms with van der Waals surface area (Å²) in [7, 11) is 0. The van der Waals surface area contributed by atoms with E-state index in [2.05, 4.69) is 6.58 Å². The molecule has 0 amide bonds. The summed E-state index contributed by atoms with van der Waals surface area (Å²) in [5, 5.41) is 19.0. The standard InChI is InChI=1S/C9H12O6/c1-2-3-13-9-5(11)7-6(15-9)4(10)8(12)14-7/h2,4-7,9-11H,1,3H2/t4-,5+,6+,7+,9+/m0/s1. The predicted molar refractivity (Wildman–Crippen MR) is 46.7 cm³/mol. The van der Waals surface area contributed by atoms with Crippen LogP contribution in [0.3, 0.4) is 0 Å². The third-order valence-corrected chi connectivity index (χ3v) is 2.41. The molecule has 2 rings (SSSR count). The maximum absolute atomic E-state index is 10.9. The summed E-state index contributed by atoms with van der Waals surface area (Å²) in [5.41, 5.74) is 0. The average molecular weight is 216 g/mol. The van der Waals surface area contributed by atoms with E-state index in [0.29, 0.717) is 0 Å². The zero-order valence-corrected chi connectivity index (χ0v) is 7.91. The molecule has 0 aromatic heterocycles. The Morgan fingerprint density at radius 1 is 1.47 bits per heavy atom. The van der Waals surface area contributed by atoms with Crippen LogP contribution in [0, 0.1) is 0 Å². The fraction of sp³-hybridized carbons (Fsp3) is 0.667. The monoisotopic (exact) mass is 216 g/mol. The summed E-state index contributed by atoms with van der Waals surface area (Å²) in [6.07, 6.45) is -3.49. The molecule has 0 spiro atoms. The van der Waals surface area contributed by atoms with Crippen molar-refractivity contribution in [3.05, 3.63) is 12.7 Å². The molecule has 6 heteroatoms. The molecule has 0 aromatic rings. The van der Waals surface area contributed by atoms with E-state index in [9.17, 15) is 15.0 Å². The first-order valence-corrected chi connectivity index (χ1v) is 4.59. The van der Waals surface area contributed by atoms with Gasteiger partial charge in [0.05, 0.1) is 6.61 Å². The Balaban J connectivity index is 2.01. The highest BCUT2D eigenvalue weighted by Crippen LogP contribution is 2.32. The Kier molecular flexibility index (Phi) is 2.74. The molecule has 2 saturated heterocycles. The largest absolute Gasteiger partial charge is 0.454 e. The van der Waals surface area contributed by atoms with Gasteiger partial charge in [0.2, 0.25) is 0 Å². The van der Waals surface area contributed by atoms with E-state index in [1.54, 1.807) is 0 Å². The van der Waals surface area contributed by atoms with Crippen molar-refractivity contribution in [2.24, 2.45) is 0 Å². The van der Waals surface area contributed by atoms with Gasteiger partial charge in [-0.3, -0.25) is 0 Å². The van der Waals surface area contributed by atoms with E-state index in [-0.39, 0.29) is 6.61 Å². The van der Waals surface area contributed by atoms with Crippen molar-refractivity contribution in [1.82, 2.24) is 0 Å². The molecule has 0 radical (unpaired) electrons. The minimum absolute atomic E-state index is 0.214.